The molecule has 0 aliphatic heterocycles. The van der Waals surface area contributed by atoms with Crippen LogP contribution in [0.5, 0.6) is 0 Å². The van der Waals surface area contributed by atoms with Crippen LogP contribution in [-0.4, -0.2) is 25.2 Å². The third-order valence-electron chi connectivity index (χ3n) is 4.94. The maximum Gasteiger partial charge on any atom is 0.333 e. The zero-order valence-corrected chi connectivity index (χ0v) is 17.5. The van der Waals surface area contributed by atoms with Crippen molar-refractivity contribution in [3.63, 3.8) is 0 Å². The normalized spacial score (nSPS) is 13.1. The van der Waals surface area contributed by atoms with E-state index in [1.165, 1.54) is 0 Å². The minimum Gasteiger partial charge on any atom is -0.465 e. The molecule has 2 unspecified atom stereocenters. The van der Waals surface area contributed by atoms with Crippen LogP contribution in [-0.2, 0) is 19.1 Å². The molecule has 0 fully saturated rings. The molecule has 0 aromatic rings. The third kappa shape index (κ3) is 12.1. The van der Waals surface area contributed by atoms with Crippen molar-refractivity contribution >= 4 is 11.9 Å². The largest absolute Gasteiger partial charge is 0.465 e. The summed E-state index contributed by atoms with van der Waals surface area (Å²) in [4.78, 5) is 23.9. The summed E-state index contributed by atoms with van der Waals surface area (Å²) < 4.78 is 10.7. The van der Waals surface area contributed by atoms with Gasteiger partial charge in [0.2, 0.25) is 0 Å². The second-order valence-corrected chi connectivity index (χ2v) is 7.22. The first-order valence-corrected chi connectivity index (χ1v) is 10.5. The van der Waals surface area contributed by atoms with Crippen molar-refractivity contribution < 1.29 is 19.1 Å². The van der Waals surface area contributed by atoms with Crippen LogP contribution in [0.15, 0.2) is 12.2 Å². The molecule has 0 N–H and O–H groups in total. The summed E-state index contributed by atoms with van der Waals surface area (Å²) in [6, 6.07) is 0. The molecule has 0 aliphatic rings. The Kier molecular flexibility index (Phi) is 15.1. The van der Waals surface area contributed by atoms with E-state index in [1.54, 1.807) is 0 Å². The summed E-state index contributed by atoms with van der Waals surface area (Å²) in [7, 11) is 0. The highest BCUT2D eigenvalue weighted by molar-refractivity contribution is 5.88. The first-order chi connectivity index (χ1) is 12.5. The van der Waals surface area contributed by atoms with E-state index in [2.05, 4.69) is 34.3 Å². The highest BCUT2D eigenvalue weighted by atomic mass is 16.5. The zero-order valence-electron chi connectivity index (χ0n) is 17.5. The predicted octanol–water partition coefficient (Wildman–Crippen LogP) is 5.84. The second kappa shape index (κ2) is 15.9. The van der Waals surface area contributed by atoms with E-state index in [4.69, 9.17) is 9.47 Å². The number of esters is 2. The van der Waals surface area contributed by atoms with Gasteiger partial charge in [-0.3, -0.25) is 4.79 Å². The van der Waals surface area contributed by atoms with Crippen LogP contribution in [0.3, 0.4) is 0 Å². The quantitative estimate of drug-likeness (QED) is 0.253. The average Bonchev–Trinajstić information content (AvgIpc) is 2.66. The fourth-order valence-electron chi connectivity index (χ4n) is 2.73. The Labute approximate surface area is 160 Å². The topological polar surface area (TPSA) is 52.6 Å². The lowest BCUT2D eigenvalue weighted by atomic mass is 10.0. The predicted molar refractivity (Wildman–Crippen MR) is 107 cm³/mol. The van der Waals surface area contributed by atoms with E-state index >= 15 is 0 Å². The van der Waals surface area contributed by atoms with Crippen molar-refractivity contribution in [2.45, 2.75) is 91.9 Å². The molecule has 0 radical (unpaired) electrons. The van der Waals surface area contributed by atoms with Crippen molar-refractivity contribution in [3.05, 3.63) is 12.2 Å². The summed E-state index contributed by atoms with van der Waals surface area (Å²) in [5, 5.41) is 0. The standard InChI is InChI=1S/C22H40O4/c1-6-10-12-19(8-3)16-25-21(23)15-14-18(5)22(24)26-17-20(9-4)13-11-7-2/h19-20H,5-17H2,1-4H3. The lowest BCUT2D eigenvalue weighted by molar-refractivity contribution is -0.145. The van der Waals surface area contributed by atoms with Crippen molar-refractivity contribution in [1.82, 2.24) is 0 Å². The number of hydrogen-bond acceptors (Lipinski definition) is 4. The minimum atomic E-state index is -0.387. The highest BCUT2D eigenvalue weighted by Gasteiger charge is 2.15. The average molecular weight is 369 g/mol. The smallest absolute Gasteiger partial charge is 0.333 e. The molecule has 2 atom stereocenters. The molecule has 0 amide bonds. The molecule has 4 nitrogen and oxygen atoms in total. The maximum atomic E-state index is 12.0. The first kappa shape index (κ1) is 24.7. The molecule has 0 spiro atoms. The van der Waals surface area contributed by atoms with E-state index < -0.39 is 0 Å². The first-order valence-electron chi connectivity index (χ1n) is 10.5. The van der Waals surface area contributed by atoms with Gasteiger partial charge in [-0.2, -0.15) is 0 Å². The molecule has 26 heavy (non-hydrogen) atoms. The maximum absolute atomic E-state index is 12.0. The van der Waals surface area contributed by atoms with Gasteiger partial charge in [0.1, 0.15) is 0 Å². The number of unbranched alkanes of at least 4 members (excludes halogenated alkanes) is 2. The third-order valence-corrected chi connectivity index (χ3v) is 4.94. The molecular weight excluding hydrogens is 328 g/mol. The Hall–Kier alpha value is -1.32. The molecule has 0 aliphatic carbocycles. The van der Waals surface area contributed by atoms with Crippen LogP contribution in [0, 0.1) is 11.8 Å². The highest BCUT2D eigenvalue weighted by Crippen LogP contribution is 2.16. The van der Waals surface area contributed by atoms with Gasteiger partial charge in [-0.1, -0.05) is 72.8 Å². The summed E-state index contributed by atoms with van der Waals surface area (Å²) in [6.45, 7) is 13.2. The van der Waals surface area contributed by atoms with Crippen molar-refractivity contribution in [1.29, 1.82) is 0 Å². The summed E-state index contributed by atoms with van der Waals surface area (Å²) >= 11 is 0. The SMILES string of the molecule is C=C(CCC(=O)OCC(CC)CCCC)C(=O)OCC(CC)CCCC. The Morgan fingerprint density at radius 3 is 1.77 bits per heavy atom. The van der Waals surface area contributed by atoms with Gasteiger partial charge in [-0.05, 0) is 31.1 Å². The van der Waals surface area contributed by atoms with Gasteiger partial charge in [0, 0.05) is 12.0 Å². The summed E-state index contributed by atoms with van der Waals surface area (Å²) in [5.74, 6) is 0.192. The van der Waals surface area contributed by atoms with Gasteiger partial charge in [-0.15, -0.1) is 0 Å². The molecule has 0 bridgehead atoms. The van der Waals surface area contributed by atoms with Crippen LogP contribution in [0.2, 0.25) is 0 Å². The zero-order chi connectivity index (χ0) is 19.8. The van der Waals surface area contributed by atoms with E-state index in [0.717, 1.165) is 51.4 Å². The Morgan fingerprint density at radius 1 is 0.808 bits per heavy atom. The van der Waals surface area contributed by atoms with Gasteiger partial charge < -0.3 is 9.47 Å². The molecule has 0 aromatic heterocycles. The van der Waals surface area contributed by atoms with Crippen molar-refractivity contribution in [2.24, 2.45) is 11.8 Å². The fraction of sp³-hybridized carbons (Fsp3) is 0.818. The Morgan fingerprint density at radius 2 is 1.31 bits per heavy atom. The molecule has 0 saturated heterocycles. The van der Waals surface area contributed by atoms with Gasteiger partial charge in [0.15, 0.2) is 0 Å². The van der Waals surface area contributed by atoms with Crippen molar-refractivity contribution in [2.75, 3.05) is 13.2 Å². The summed E-state index contributed by atoms with van der Waals surface area (Å²) in [5.41, 5.74) is 0.352. The van der Waals surface area contributed by atoms with Crippen LogP contribution >= 0.6 is 0 Å². The monoisotopic (exact) mass is 368 g/mol. The molecule has 0 saturated carbocycles. The van der Waals surface area contributed by atoms with Gasteiger partial charge >= 0.3 is 11.9 Å². The molecule has 0 aromatic carbocycles. The van der Waals surface area contributed by atoms with Crippen LogP contribution in [0.1, 0.15) is 91.9 Å². The molecular formula is C22H40O4. The fourth-order valence-corrected chi connectivity index (χ4v) is 2.73. The number of carbonyl (C=O) groups is 2. The molecule has 0 rings (SSSR count). The lowest BCUT2D eigenvalue weighted by Crippen LogP contribution is -2.17. The van der Waals surface area contributed by atoms with Crippen LogP contribution < -0.4 is 0 Å². The summed E-state index contributed by atoms with van der Waals surface area (Å²) in [6.07, 6.45) is 9.30. The van der Waals surface area contributed by atoms with Gasteiger partial charge in [0.25, 0.3) is 0 Å². The lowest BCUT2D eigenvalue weighted by Gasteiger charge is -2.16. The minimum absolute atomic E-state index is 0.186. The second-order valence-electron chi connectivity index (χ2n) is 7.22. The number of rotatable bonds is 16. The van der Waals surface area contributed by atoms with Gasteiger partial charge in [-0.25, -0.2) is 4.79 Å². The van der Waals surface area contributed by atoms with Crippen LogP contribution in [0.4, 0.5) is 0 Å². The van der Waals surface area contributed by atoms with Crippen LogP contribution in [0.25, 0.3) is 0 Å². The van der Waals surface area contributed by atoms with E-state index in [-0.39, 0.29) is 18.4 Å². The molecule has 0 heterocycles. The van der Waals surface area contributed by atoms with E-state index in [0.29, 0.717) is 37.0 Å². The van der Waals surface area contributed by atoms with Crippen molar-refractivity contribution in [3.8, 4) is 0 Å². The van der Waals surface area contributed by atoms with Gasteiger partial charge in [0.05, 0.1) is 13.2 Å². The Balaban J connectivity index is 4.03. The number of hydrogen-bond donors (Lipinski definition) is 0. The number of ether oxygens (including phenoxy) is 2. The number of carbonyl (C=O) groups excluding carboxylic acids is 2. The Bertz CT molecular complexity index is 403. The molecule has 4 heteroatoms. The van der Waals surface area contributed by atoms with E-state index in [9.17, 15) is 9.59 Å². The van der Waals surface area contributed by atoms with E-state index in [1.807, 2.05) is 0 Å². The molecule has 152 valence electrons.